The molecule has 2 N–H and O–H groups in total. The van der Waals surface area contributed by atoms with Gasteiger partial charge in [-0.05, 0) is 25.7 Å². The normalized spacial score (nSPS) is 19.9. The molecule has 1 atom stereocenters. The number of alkyl halides is 3. The van der Waals surface area contributed by atoms with Gasteiger partial charge in [-0.15, -0.1) is 0 Å². The van der Waals surface area contributed by atoms with Crippen molar-refractivity contribution >= 4 is 23.1 Å². The fraction of sp³-hybridized carbons (Fsp3) is 0.571. The number of likely N-dealkylation sites (N-methyl/N-ethyl adjacent to an activating group) is 1. The Balaban J connectivity index is 1.46. The van der Waals surface area contributed by atoms with E-state index in [0.29, 0.717) is 23.7 Å². The van der Waals surface area contributed by atoms with Crippen molar-refractivity contribution in [3.05, 3.63) is 29.7 Å². The van der Waals surface area contributed by atoms with Gasteiger partial charge in [-0.3, -0.25) is 9.48 Å². The fourth-order valence-corrected chi connectivity index (χ4v) is 4.22. The summed E-state index contributed by atoms with van der Waals surface area (Å²) in [5.74, 6) is 0.721. The summed E-state index contributed by atoms with van der Waals surface area (Å²) >= 11 is 0. The summed E-state index contributed by atoms with van der Waals surface area (Å²) in [6.07, 6.45) is -0.665. The van der Waals surface area contributed by atoms with Crippen LogP contribution >= 0.6 is 0 Å². The first-order valence-electron chi connectivity index (χ1n) is 10.4. The molecular weight excluding hydrogens is 409 g/mol. The predicted octanol–water partition coefficient (Wildman–Crippen LogP) is 3.95. The Bertz CT molecular complexity index is 995. The zero-order chi connectivity index (χ0) is 22.6. The Morgan fingerprint density at radius 1 is 1.35 bits per heavy atom. The second-order valence-electron chi connectivity index (χ2n) is 8.95. The van der Waals surface area contributed by atoms with E-state index in [-0.39, 0.29) is 37.3 Å². The fourth-order valence-electron chi connectivity index (χ4n) is 4.22. The molecule has 10 heteroatoms. The molecule has 0 spiro atoms. The number of carbonyl (C=O) groups excluding carboxylic acids is 1. The van der Waals surface area contributed by atoms with E-state index in [1.54, 1.807) is 12.4 Å². The highest BCUT2D eigenvalue weighted by Gasteiger charge is 2.63. The van der Waals surface area contributed by atoms with Gasteiger partial charge in [0.25, 0.3) is 0 Å². The molecule has 1 unspecified atom stereocenters. The zero-order valence-electron chi connectivity index (χ0n) is 18.0. The summed E-state index contributed by atoms with van der Waals surface area (Å²) in [5, 5.41) is 10.3. The molecule has 0 saturated heterocycles. The topological polar surface area (TPSA) is 75.1 Å². The van der Waals surface area contributed by atoms with Crippen LogP contribution in [0.25, 0.3) is 0 Å². The lowest BCUT2D eigenvalue weighted by Crippen LogP contribution is -2.49. The molecule has 2 aromatic heterocycles. The van der Waals surface area contributed by atoms with E-state index >= 15 is 0 Å². The predicted molar refractivity (Wildman–Crippen MR) is 112 cm³/mol. The van der Waals surface area contributed by atoms with Crippen molar-refractivity contribution in [2.75, 3.05) is 22.6 Å². The molecule has 4 rings (SSSR count). The molecule has 1 amide bonds. The number of amides is 1. The summed E-state index contributed by atoms with van der Waals surface area (Å²) in [7, 11) is 1.89. The Hall–Kier alpha value is -2.78. The van der Waals surface area contributed by atoms with Crippen molar-refractivity contribution < 1.29 is 18.0 Å². The van der Waals surface area contributed by atoms with Gasteiger partial charge in [-0.1, -0.05) is 13.8 Å². The summed E-state index contributed by atoms with van der Waals surface area (Å²) in [5.41, 5.74) is 1.42. The maximum absolute atomic E-state index is 13.2. The highest BCUT2D eigenvalue weighted by molar-refractivity contribution is 6.04. The molecule has 1 fully saturated rings. The molecule has 168 valence electrons. The van der Waals surface area contributed by atoms with Crippen LogP contribution in [0.1, 0.15) is 37.9 Å². The highest BCUT2D eigenvalue weighted by atomic mass is 19.4. The number of aromatic nitrogens is 3. The lowest BCUT2D eigenvalue weighted by Gasteiger charge is -2.38. The Morgan fingerprint density at radius 3 is 2.68 bits per heavy atom. The smallest absolute Gasteiger partial charge is 0.366 e. The van der Waals surface area contributed by atoms with Crippen LogP contribution in [-0.2, 0) is 17.9 Å². The standard InChI is InChI=1S/C21H27F3N6O/c1-12(2)18-19(31)28-17-13(3)27-16(7-15(17)29(18)4)25-8-14-9-26-30(10-14)11-20(5-6-20)21(22,23)24/h7,9-10,12,18H,5-6,8,11H2,1-4H3,(H,25,27)(H,28,31). The van der Waals surface area contributed by atoms with Gasteiger partial charge in [0.05, 0.1) is 35.2 Å². The average molecular weight is 436 g/mol. The van der Waals surface area contributed by atoms with Gasteiger partial charge < -0.3 is 15.5 Å². The van der Waals surface area contributed by atoms with Gasteiger partial charge in [0.15, 0.2) is 0 Å². The quantitative estimate of drug-likeness (QED) is 0.717. The lowest BCUT2D eigenvalue weighted by molar-refractivity contribution is -0.191. The molecule has 0 radical (unpaired) electrons. The molecule has 1 saturated carbocycles. The van der Waals surface area contributed by atoms with Gasteiger partial charge in [0, 0.05) is 31.4 Å². The van der Waals surface area contributed by atoms with Gasteiger partial charge in [-0.25, -0.2) is 4.98 Å². The number of anilines is 3. The number of rotatable bonds is 6. The van der Waals surface area contributed by atoms with E-state index in [1.165, 1.54) is 4.68 Å². The molecule has 0 aromatic carbocycles. The summed E-state index contributed by atoms with van der Waals surface area (Å²) < 4.78 is 40.9. The molecule has 1 aliphatic carbocycles. The largest absolute Gasteiger partial charge is 0.396 e. The minimum Gasteiger partial charge on any atom is -0.366 e. The highest BCUT2D eigenvalue weighted by Crippen LogP contribution is 2.58. The minimum absolute atomic E-state index is 0.0460. The molecule has 2 aliphatic rings. The first-order chi connectivity index (χ1) is 14.5. The number of hydrogen-bond acceptors (Lipinski definition) is 5. The molecule has 7 nitrogen and oxygen atoms in total. The number of nitrogens with zero attached hydrogens (tertiary/aromatic N) is 4. The maximum Gasteiger partial charge on any atom is 0.396 e. The number of hydrogen-bond donors (Lipinski definition) is 2. The summed E-state index contributed by atoms with van der Waals surface area (Å²) in [6, 6.07) is 1.61. The number of carbonyl (C=O) groups is 1. The Morgan fingerprint density at radius 2 is 2.06 bits per heavy atom. The molecule has 2 aromatic rings. The van der Waals surface area contributed by atoms with Crippen molar-refractivity contribution in [1.29, 1.82) is 0 Å². The van der Waals surface area contributed by atoms with Crippen molar-refractivity contribution in [1.82, 2.24) is 14.8 Å². The number of halogens is 3. The summed E-state index contributed by atoms with van der Waals surface area (Å²) in [4.78, 5) is 18.9. The van der Waals surface area contributed by atoms with Crippen LogP contribution in [0.15, 0.2) is 18.5 Å². The van der Waals surface area contributed by atoms with Crippen LogP contribution in [0.4, 0.5) is 30.4 Å². The van der Waals surface area contributed by atoms with E-state index in [2.05, 4.69) is 20.7 Å². The first-order valence-corrected chi connectivity index (χ1v) is 10.4. The molecule has 1 aliphatic heterocycles. The van der Waals surface area contributed by atoms with Crippen LogP contribution in [-0.4, -0.2) is 39.9 Å². The van der Waals surface area contributed by atoms with E-state index in [1.807, 2.05) is 38.8 Å². The van der Waals surface area contributed by atoms with Gasteiger partial charge in [-0.2, -0.15) is 18.3 Å². The lowest BCUT2D eigenvalue weighted by atomic mass is 9.98. The molecule has 31 heavy (non-hydrogen) atoms. The Kier molecular flexibility index (Phi) is 5.13. The molecule has 3 heterocycles. The summed E-state index contributed by atoms with van der Waals surface area (Å²) in [6.45, 7) is 6.07. The molecular formula is C21H27F3N6O. The van der Waals surface area contributed by atoms with Crippen molar-refractivity contribution in [2.45, 2.75) is 58.9 Å². The third-order valence-corrected chi connectivity index (χ3v) is 6.20. The molecule has 0 bridgehead atoms. The minimum atomic E-state index is -4.20. The third-order valence-electron chi connectivity index (χ3n) is 6.20. The Labute approximate surface area is 179 Å². The second kappa shape index (κ2) is 7.42. The zero-order valence-corrected chi connectivity index (χ0v) is 18.0. The van der Waals surface area contributed by atoms with E-state index in [9.17, 15) is 18.0 Å². The monoisotopic (exact) mass is 436 g/mol. The second-order valence-corrected chi connectivity index (χ2v) is 8.95. The van der Waals surface area contributed by atoms with E-state index in [4.69, 9.17) is 0 Å². The van der Waals surface area contributed by atoms with E-state index in [0.717, 1.165) is 11.3 Å². The van der Waals surface area contributed by atoms with E-state index < -0.39 is 11.6 Å². The van der Waals surface area contributed by atoms with Crippen molar-refractivity contribution in [3.63, 3.8) is 0 Å². The number of pyridine rings is 1. The van der Waals surface area contributed by atoms with Crippen molar-refractivity contribution in [2.24, 2.45) is 11.3 Å². The maximum atomic E-state index is 13.2. The van der Waals surface area contributed by atoms with Crippen LogP contribution in [0, 0.1) is 18.3 Å². The first kappa shape index (κ1) is 21.5. The van der Waals surface area contributed by atoms with Crippen LogP contribution in [0.5, 0.6) is 0 Å². The number of aryl methyl sites for hydroxylation is 1. The van der Waals surface area contributed by atoms with Crippen LogP contribution in [0.3, 0.4) is 0 Å². The van der Waals surface area contributed by atoms with Gasteiger partial charge in [0.2, 0.25) is 5.91 Å². The number of fused-ring (bicyclic) bond motifs is 1. The van der Waals surface area contributed by atoms with Gasteiger partial charge >= 0.3 is 6.18 Å². The third kappa shape index (κ3) is 3.95. The van der Waals surface area contributed by atoms with Gasteiger partial charge in [0.1, 0.15) is 11.9 Å². The van der Waals surface area contributed by atoms with Crippen LogP contribution < -0.4 is 15.5 Å². The van der Waals surface area contributed by atoms with Crippen molar-refractivity contribution in [3.8, 4) is 0 Å². The van der Waals surface area contributed by atoms with Crippen LogP contribution in [0.2, 0.25) is 0 Å². The SMILES string of the molecule is Cc1nc(NCc2cnn(CC3(C(F)(F)F)CC3)c2)cc2c1NC(=O)C(C(C)C)N2C. The number of nitrogens with one attached hydrogen (secondary N) is 2. The average Bonchev–Trinajstić information content (AvgIpc) is 3.32.